The van der Waals surface area contributed by atoms with E-state index >= 15 is 0 Å². The van der Waals surface area contributed by atoms with Gasteiger partial charge >= 0.3 is 25.0 Å². The number of halogens is 2. The van der Waals surface area contributed by atoms with E-state index in [0.717, 1.165) is 6.07 Å². The maximum Gasteiger partial charge on any atom is 1.00 e. The Morgan fingerprint density at radius 2 is 1.75 bits per heavy atom. The summed E-state index contributed by atoms with van der Waals surface area (Å²) >= 11 is 11.9. The van der Waals surface area contributed by atoms with E-state index in [-0.39, 0.29) is 70.3 Å². The number of amides is 2. The summed E-state index contributed by atoms with van der Waals surface area (Å²) in [7, 11) is 0. The molecule has 13 heteroatoms. The second-order valence-electron chi connectivity index (χ2n) is 7.67. The molecule has 10 nitrogen and oxygen atoms in total. The molecule has 2 aromatic rings. The third kappa shape index (κ3) is 10.9. The first-order valence-electron chi connectivity index (χ1n) is 9.98. The molecule has 0 aliphatic carbocycles. The summed E-state index contributed by atoms with van der Waals surface area (Å²) in [5, 5.41) is 13.5. The van der Waals surface area contributed by atoms with Gasteiger partial charge in [-0.1, -0.05) is 29.7 Å². The smallest absolute Gasteiger partial charge is 0.649 e. The first-order chi connectivity index (χ1) is 16.3. The van der Waals surface area contributed by atoms with Crippen molar-refractivity contribution in [2.75, 3.05) is 18.4 Å². The predicted octanol–water partition coefficient (Wildman–Crippen LogP) is 2.50. The molecule has 2 aromatic carbocycles. The minimum atomic E-state index is -0.727. The Morgan fingerprint density at radius 1 is 1.14 bits per heavy atom. The van der Waals surface area contributed by atoms with Crippen LogP contribution in [0.25, 0.3) is 0 Å². The van der Waals surface area contributed by atoms with Gasteiger partial charge in [-0.3, -0.25) is 14.9 Å². The monoisotopic (exact) mass is 531 g/mol. The number of carbonyl (C=O) groups is 2. The third-order valence-electron chi connectivity index (χ3n) is 3.94. The standard InChI is InChI=1S/C18H15Cl2N3O5.C5H9O2.Li/c1-3-22(4-2)18(25)28-16-8-5-11(19)9-13(16)17(24)21-15-7-6-12(23(26)27)10-14(15)20;1-5(2,3)7-4-6;/h5-10H,1-4H2,(H,21,24);1-3H3;/q-2;-1;+1. The van der Waals surface area contributed by atoms with Crippen LogP contribution in [0.2, 0.25) is 10.0 Å². The number of anilines is 1. The predicted molar refractivity (Wildman–Crippen MR) is 132 cm³/mol. The van der Waals surface area contributed by atoms with E-state index in [1.165, 1.54) is 41.7 Å². The largest absolute Gasteiger partial charge is 1.00 e. The molecule has 0 aliphatic heterocycles. The minimum Gasteiger partial charge on any atom is -0.649 e. The van der Waals surface area contributed by atoms with Gasteiger partial charge in [0.15, 0.2) is 0 Å². The molecule has 0 spiro atoms. The Kier molecular flexibility index (Phi) is 14.2. The summed E-state index contributed by atoms with van der Waals surface area (Å²) in [5.41, 5.74) is -0.473. The van der Waals surface area contributed by atoms with Crippen molar-refractivity contribution < 1.29 is 47.6 Å². The van der Waals surface area contributed by atoms with Crippen LogP contribution in [0.1, 0.15) is 31.1 Å². The van der Waals surface area contributed by atoms with Gasteiger partial charge in [0.25, 0.3) is 11.6 Å². The zero-order valence-electron chi connectivity index (χ0n) is 20.3. The molecule has 0 bridgehead atoms. The van der Waals surface area contributed by atoms with Crippen molar-refractivity contribution in [2.24, 2.45) is 0 Å². The number of benzene rings is 2. The van der Waals surface area contributed by atoms with Crippen LogP contribution in [-0.2, 0) is 9.53 Å². The maximum atomic E-state index is 12.7. The topological polar surface area (TPSA) is 128 Å². The summed E-state index contributed by atoms with van der Waals surface area (Å²) in [6.07, 6.45) is -0.727. The Bertz CT molecular complexity index is 1070. The number of hydrogen-bond acceptors (Lipinski definition) is 7. The van der Waals surface area contributed by atoms with Gasteiger partial charge in [0.05, 0.1) is 26.8 Å². The van der Waals surface area contributed by atoms with Crippen LogP contribution < -0.4 is 28.9 Å². The number of nitro benzene ring substituents is 1. The second-order valence-corrected chi connectivity index (χ2v) is 8.51. The number of ether oxygens (including phenoxy) is 2. The number of rotatable bonds is 7. The fourth-order valence-electron chi connectivity index (χ4n) is 2.26. The number of nitrogens with zero attached hydrogens (tertiary/aromatic N) is 2. The van der Waals surface area contributed by atoms with Gasteiger partial charge in [-0.2, -0.15) is 0 Å². The van der Waals surface area contributed by atoms with Crippen LogP contribution in [-0.4, -0.2) is 47.0 Å². The molecule has 0 radical (unpaired) electrons. The van der Waals surface area contributed by atoms with Gasteiger partial charge < -0.3 is 38.3 Å². The van der Waals surface area contributed by atoms with Crippen LogP contribution in [0.5, 0.6) is 5.75 Å². The normalized spacial score (nSPS) is 10.1. The van der Waals surface area contributed by atoms with Crippen LogP contribution in [0.15, 0.2) is 36.4 Å². The molecule has 0 saturated heterocycles. The Morgan fingerprint density at radius 3 is 2.19 bits per heavy atom. The van der Waals surface area contributed by atoms with Gasteiger partial charge in [-0.15, -0.1) is 13.1 Å². The number of hydrogen-bond donors (Lipinski definition) is 1. The Balaban J connectivity index is 0.00000134. The van der Waals surface area contributed by atoms with Gasteiger partial charge in [0.2, 0.25) is 0 Å². The van der Waals surface area contributed by atoms with E-state index in [1.807, 2.05) is 0 Å². The molecule has 0 unspecified atom stereocenters. The first-order valence-corrected chi connectivity index (χ1v) is 10.7. The molecule has 0 aliphatic rings. The molecule has 0 saturated carbocycles. The third-order valence-corrected chi connectivity index (χ3v) is 4.49. The summed E-state index contributed by atoms with van der Waals surface area (Å²) in [5.74, 6) is -0.700. The summed E-state index contributed by atoms with van der Waals surface area (Å²) in [6.45, 7) is 14.2. The van der Waals surface area contributed by atoms with Crippen molar-refractivity contribution in [2.45, 2.75) is 26.4 Å². The van der Waals surface area contributed by atoms with E-state index < -0.39 is 16.9 Å². The molecular formula is C23H24Cl2LiN3O7-2. The SMILES string of the molecule is CC(C)(C)O[C-]=O.[CH2-]CN(C[CH2-])C(=O)Oc1ccc(Cl)cc1C(=O)Nc1ccc([N+](=O)[O-])cc1Cl.[Li+]. The van der Waals surface area contributed by atoms with Crippen molar-refractivity contribution >= 4 is 53.0 Å². The Labute approximate surface area is 231 Å². The summed E-state index contributed by atoms with van der Waals surface area (Å²) < 4.78 is 9.67. The molecule has 36 heavy (non-hydrogen) atoms. The van der Waals surface area contributed by atoms with Crippen LogP contribution in [0.4, 0.5) is 16.2 Å². The average Bonchev–Trinajstić information content (AvgIpc) is 2.76. The van der Waals surface area contributed by atoms with Gasteiger partial charge in [0, 0.05) is 17.2 Å². The van der Waals surface area contributed by atoms with E-state index in [1.54, 1.807) is 20.8 Å². The van der Waals surface area contributed by atoms with Crippen LogP contribution in [0, 0.1) is 24.0 Å². The van der Waals surface area contributed by atoms with E-state index in [0.29, 0.717) is 0 Å². The van der Waals surface area contributed by atoms with Crippen molar-refractivity contribution in [3.63, 3.8) is 0 Å². The fourth-order valence-corrected chi connectivity index (χ4v) is 2.65. The molecule has 0 aromatic heterocycles. The average molecular weight is 532 g/mol. The van der Waals surface area contributed by atoms with Gasteiger partial charge in [-0.25, -0.2) is 4.79 Å². The number of nitro groups is 1. The molecular weight excluding hydrogens is 508 g/mol. The van der Waals surface area contributed by atoms with Crippen molar-refractivity contribution in [3.8, 4) is 5.75 Å². The second kappa shape index (κ2) is 15.4. The molecule has 0 fully saturated rings. The molecule has 0 atom stereocenters. The molecule has 190 valence electrons. The molecule has 2 amide bonds. The maximum absolute atomic E-state index is 12.7. The van der Waals surface area contributed by atoms with Gasteiger partial charge in [0.1, 0.15) is 5.75 Å². The fraction of sp³-hybridized carbons (Fsp3) is 0.261. The summed E-state index contributed by atoms with van der Waals surface area (Å²) in [4.78, 5) is 45.7. The molecule has 2 rings (SSSR count). The Hall–Kier alpha value is -2.77. The van der Waals surface area contributed by atoms with Crippen LogP contribution in [0.3, 0.4) is 0 Å². The quantitative estimate of drug-likeness (QED) is 0.251. The first kappa shape index (κ1) is 33.2. The zero-order chi connectivity index (χ0) is 26.8. The van der Waals surface area contributed by atoms with E-state index in [2.05, 4.69) is 23.9 Å². The molecule has 0 heterocycles. The summed E-state index contributed by atoms with van der Waals surface area (Å²) in [6, 6.07) is 7.74. The zero-order valence-corrected chi connectivity index (χ0v) is 21.8. The van der Waals surface area contributed by atoms with E-state index in [4.69, 9.17) is 27.9 Å². The van der Waals surface area contributed by atoms with E-state index in [9.17, 15) is 24.5 Å². The number of nitrogens with one attached hydrogen (secondary N) is 1. The van der Waals surface area contributed by atoms with Gasteiger partial charge in [-0.05, 0) is 45.0 Å². The molecule has 1 N–H and O–H groups in total. The van der Waals surface area contributed by atoms with Crippen molar-refractivity contribution in [1.29, 1.82) is 0 Å². The van der Waals surface area contributed by atoms with Crippen molar-refractivity contribution in [3.05, 3.63) is 76.0 Å². The number of non-ortho nitro benzene ring substituents is 1. The number of carbonyl (C=O) groups excluding carboxylic acids is 3. The van der Waals surface area contributed by atoms with Crippen LogP contribution >= 0.6 is 23.2 Å². The van der Waals surface area contributed by atoms with Crippen molar-refractivity contribution in [1.82, 2.24) is 4.90 Å². The minimum absolute atomic E-state index is 0.